The molecule has 0 amide bonds. The van der Waals surface area contributed by atoms with Crippen LogP contribution in [-0.4, -0.2) is 23.9 Å². The zero-order valence-corrected chi connectivity index (χ0v) is 21.6. The van der Waals surface area contributed by atoms with Crippen LogP contribution in [0.25, 0.3) is 6.08 Å². The van der Waals surface area contributed by atoms with Crippen LogP contribution >= 0.6 is 45.8 Å². The van der Waals surface area contributed by atoms with E-state index < -0.39 is 10.9 Å². The van der Waals surface area contributed by atoms with E-state index in [0.717, 1.165) is 0 Å². The molecule has 4 rings (SSSR count). The van der Waals surface area contributed by atoms with Gasteiger partial charge >= 0.3 is 5.97 Å². The van der Waals surface area contributed by atoms with E-state index in [1.54, 1.807) is 48.5 Å². The molecule has 0 fully saturated rings. The zero-order valence-electron chi connectivity index (χ0n) is 18.0. The minimum Gasteiger partial charge on any atom is -0.493 e. The first-order valence-electron chi connectivity index (χ1n) is 9.97. The molecule has 1 heterocycles. The molecule has 1 aliphatic heterocycles. The van der Waals surface area contributed by atoms with Gasteiger partial charge in [0.15, 0.2) is 17.2 Å². The van der Waals surface area contributed by atoms with Crippen molar-refractivity contribution in [3.63, 3.8) is 0 Å². The van der Waals surface area contributed by atoms with Crippen molar-refractivity contribution >= 4 is 69.4 Å². The number of rotatable bonds is 7. The zero-order chi connectivity index (χ0) is 25.1. The van der Waals surface area contributed by atoms with E-state index in [1.807, 2.05) is 0 Å². The molecule has 8 nitrogen and oxygen atoms in total. The molecule has 178 valence electrons. The van der Waals surface area contributed by atoms with Crippen LogP contribution in [0.15, 0.2) is 65.3 Å². The van der Waals surface area contributed by atoms with Gasteiger partial charge in [-0.3, -0.25) is 10.1 Å². The summed E-state index contributed by atoms with van der Waals surface area (Å²) in [5.74, 6) is 0.411. The van der Waals surface area contributed by atoms with Crippen molar-refractivity contribution in [2.24, 2.45) is 4.99 Å². The third-order valence-electron chi connectivity index (χ3n) is 4.85. The second-order valence-corrected chi connectivity index (χ2v) is 9.19. The number of nitro benzene ring substituents is 1. The number of hydrogen-bond donors (Lipinski definition) is 0. The Morgan fingerprint density at radius 1 is 1.14 bits per heavy atom. The number of ether oxygens (including phenoxy) is 3. The summed E-state index contributed by atoms with van der Waals surface area (Å²) in [6, 6.07) is 14.5. The highest BCUT2D eigenvalue weighted by Gasteiger charge is 2.25. The number of nitro groups is 1. The summed E-state index contributed by atoms with van der Waals surface area (Å²) in [6.45, 7) is 0.109. The molecule has 0 spiro atoms. The highest BCUT2D eigenvalue weighted by Crippen LogP contribution is 2.36. The van der Waals surface area contributed by atoms with Crippen LogP contribution in [0.5, 0.6) is 11.5 Å². The smallest absolute Gasteiger partial charge is 0.363 e. The van der Waals surface area contributed by atoms with Crippen LogP contribution in [0.2, 0.25) is 10.0 Å². The lowest BCUT2D eigenvalue weighted by Crippen LogP contribution is -2.05. The summed E-state index contributed by atoms with van der Waals surface area (Å²) in [5.41, 5.74) is 1.89. The topological polar surface area (TPSA) is 100 Å². The standard InChI is InChI=1S/C24H15Cl2IN2O6/c1-33-21-10-14(8-19(27)22(21)34-12-13-3-2-4-16(7-13)29(31)32)9-20-24(30)35-23(28-20)15-5-6-17(25)18(26)11-15/h2-11H,12H2,1H3/b20-9-. The molecular formula is C24H15Cl2IN2O6. The first-order chi connectivity index (χ1) is 16.7. The van der Waals surface area contributed by atoms with Gasteiger partial charge in [0.05, 0.1) is 25.6 Å². The van der Waals surface area contributed by atoms with Gasteiger partial charge in [0, 0.05) is 17.7 Å². The third-order valence-corrected chi connectivity index (χ3v) is 6.39. The van der Waals surface area contributed by atoms with Gasteiger partial charge in [-0.2, -0.15) is 0 Å². The van der Waals surface area contributed by atoms with Crippen molar-refractivity contribution < 1.29 is 23.9 Å². The fourth-order valence-electron chi connectivity index (χ4n) is 3.20. The molecule has 1 aliphatic rings. The van der Waals surface area contributed by atoms with Crippen LogP contribution < -0.4 is 9.47 Å². The van der Waals surface area contributed by atoms with E-state index in [1.165, 1.54) is 19.2 Å². The van der Waals surface area contributed by atoms with E-state index in [-0.39, 0.29) is 23.9 Å². The van der Waals surface area contributed by atoms with Crippen molar-refractivity contribution in [2.45, 2.75) is 6.61 Å². The number of methoxy groups -OCH3 is 1. The number of carbonyl (C=O) groups is 1. The monoisotopic (exact) mass is 624 g/mol. The van der Waals surface area contributed by atoms with Crippen molar-refractivity contribution in [1.29, 1.82) is 0 Å². The SMILES string of the molecule is COc1cc(/C=C2\N=C(c3ccc(Cl)c(Cl)c3)OC2=O)cc(I)c1OCc1cccc([N+](=O)[O-])c1. The minimum absolute atomic E-state index is 0.0148. The summed E-state index contributed by atoms with van der Waals surface area (Å²) in [5, 5.41) is 11.7. The van der Waals surface area contributed by atoms with Gasteiger partial charge in [-0.1, -0.05) is 35.3 Å². The van der Waals surface area contributed by atoms with Crippen LogP contribution in [0.4, 0.5) is 5.69 Å². The Hall–Kier alpha value is -3.15. The lowest BCUT2D eigenvalue weighted by Gasteiger charge is -2.13. The molecule has 0 aliphatic carbocycles. The highest BCUT2D eigenvalue weighted by molar-refractivity contribution is 14.1. The maximum absolute atomic E-state index is 12.4. The second-order valence-electron chi connectivity index (χ2n) is 7.21. The summed E-state index contributed by atoms with van der Waals surface area (Å²) >= 11 is 14.1. The summed E-state index contributed by atoms with van der Waals surface area (Å²) in [4.78, 5) is 27.2. The molecule has 0 atom stereocenters. The Labute approximate surface area is 223 Å². The molecule has 0 N–H and O–H groups in total. The Bertz CT molecular complexity index is 1410. The van der Waals surface area contributed by atoms with Crippen LogP contribution in [0, 0.1) is 13.7 Å². The van der Waals surface area contributed by atoms with Gasteiger partial charge < -0.3 is 14.2 Å². The quantitative estimate of drug-likeness (QED) is 0.0986. The van der Waals surface area contributed by atoms with Gasteiger partial charge in [0.2, 0.25) is 5.90 Å². The highest BCUT2D eigenvalue weighted by atomic mass is 127. The molecular weight excluding hydrogens is 610 g/mol. The fourth-order valence-corrected chi connectivity index (χ4v) is 4.28. The van der Waals surface area contributed by atoms with Crippen molar-refractivity contribution in [3.8, 4) is 11.5 Å². The number of cyclic esters (lactones) is 1. The molecule has 0 unspecified atom stereocenters. The number of non-ortho nitro benzene ring substituents is 1. The Morgan fingerprint density at radius 2 is 1.94 bits per heavy atom. The predicted octanol–water partition coefficient (Wildman–Crippen LogP) is 6.44. The van der Waals surface area contributed by atoms with Crippen molar-refractivity contribution in [3.05, 3.63) is 101 Å². The number of benzene rings is 3. The number of nitrogens with zero attached hydrogens (tertiary/aromatic N) is 2. The fraction of sp³-hybridized carbons (Fsp3) is 0.0833. The average Bonchev–Trinajstić information content (AvgIpc) is 3.20. The lowest BCUT2D eigenvalue weighted by molar-refractivity contribution is -0.384. The number of halogens is 3. The van der Waals surface area contributed by atoms with Crippen LogP contribution in [0.3, 0.4) is 0 Å². The number of aliphatic imine (C=N–C) groups is 1. The summed E-state index contributed by atoms with van der Waals surface area (Å²) in [6.07, 6.45) is 1.57. The van der Waals surface area contributed by atoms with E-state index in [2.05, 4.69) is 27.6 Å². The van der Waals surface area contributed by atoms with E-state index in [4.69, 9.17) is 37.4 Å². The maximum atomic E-state index is 12.4. The molecule has 11 heteroatoms. The van der Waals surface area contributed by atoms with Gasteiger partial charge in [0.25, 0.3) is 5.69 Å². The van der Waals surface area contributed by atoms with Crippen molar-refractivity contribution in [2.75, 3.05) is 7.11 Å². The maximum Gasteiger partial charge on any atom is 0.363 e. The molecule has 0 aromatic heterocycles. The van der Waals surface area contributed by atoms with Gasteiger partial charge in [-0.15, -0.1) is 0 Å². The number of esters is 1. The van der Waals surface area contributed by atoms with E-state index in [0.29, 0.717) is 41.8 Å². The largest absolute Gasteiger partial charge is 0.493 e. The van der Waals surface area contributed by atoms with E-state index >= 15 is 0 Å². The molecule has 3 aromatic carbocycles. The molecule has 0 radical (unpaired) electrons. The van der Waals surface area contributed by atoms with Gasteiger partial charge in [0.1, 0.15) is 6.61 Å². The first kappa shape index (κ1) is 25.0. The van der Waals surface area contributed by atoms with Gasteiger partial charge in [-0.05, 0) is 70.1 Å². The van der Waals surface area contributed by atoms with Gasteiger partial charge in [-0.25, -0.2) is 9.79 Å². The molecule has 0 saturated heterocycles. The molecule has 0 saturated carbocycles. The Balaban J connectivity index is 1.58. The third kappa shape index (κ3) is 5.75. The summed E-state index contributed by atoms with van der Waals surface area (Å²) < 4.78 is 17.4. The lowest BCUT2D eigenvalue weighted by atomic mass is 10.1. The predicted molar refractivity (Wildman–Crippen MR) is 140 cm³/mol. The van der Waals surface area contributed by atoms with Crippen LogP contribution in [-0.2, 0) is 16.1 Å². The van der Waals surface area contributed by atoms with Crippen molar-refractivity contribution in [1.82, 2.24) is 0 Å². The normalized spacial score (nSPS) is 14.0. The Kier molecular flexibility index (Phi) is 7.58. The summed E-state index contributed by atoms with van der Waals surface area (Å²) in [7, 11) is 1.49. The first-order valence-corrected chi connectivity index (χ1v) is 11.8. The van der Waals surface area contributed by atoms with E-state index in [9.17, 15) is 14.9 Å². The van der Waals surface area contributed by atoms with Crippen LogP contribution in [0.1, 0.15) is 16.7 Å². The number of carbonyl (C=O) groups excluding carboxylic acids is 1. The minimum atomic E-state index is -0.606. The molecule has 3 aromatic rings. The average molecular weight is 625 g/mol. The molecule has 35 heavy (non-hydrogen) atoms. The number of hydrogen-bond acceptors (Lipinski definition) is 7. The second kappa shape index (κ2) is 10.6. The molecule has 0 bridgehead atoms. The Morgan fingerprint density at radius 3 is 2.66 bits per heavy atom.